The monoisotopic (exact) mass is 419 g/mol. The normalized spacial score (nSPS) is 15.0. The molecule has 156 valence electrons. The van der Waals surface area contributed by atoms with Crippen molar-refractivity contribution in [2.45, 2.75) is 18.4 Å². The van der Waals surface area contributed by atoms with Crippen molar-refractivity contribution in [2.75, 3.05) is 37.9 Å². The van der Waals surface area contributed by atoms with Crippen LogP contribution in [0.1, 0.15) is 23.2 Å². The van der Waals surface area contributed by atoms with Gasteiger partial charge in [-0.1, -0.05) is 0 Å². The summed E-state index contributed by atoms with van der Waals surface area (Å²) in [5.74, 6) is 0.336. The largest absolute Gasteiger partial charge is 0.497 e. The predicted molar refractivity (Wildman–Crippen MR) is 115 cm³/mol. The van der Waals surface area contributed by atoms with Crippen LogP contribution in [0.2, 0.25) is 0 Å². The van der Waals surface area contributed by atoms with E-state index in [0.29, 0.717) is 29.8 Å². The summed E-state index contributed by atoms with van der Waals surface area (Å²) in [7, 11) is 3.16. The van der Waals surface area contributed by atoms with Crippen LogP contribution in [0.4, 0.5) is 11.4 Å². The Hall–Kier alpha value is -2.61. The number of rotatable bonds is 6. The highest BCUT2D eigenvalue weighted by Gasteiger charge is 2.39. The van der Waals surface area contributed by atoms with Crippen molar-refractivity contribution in [1.29, 1.82) is 0 Å². The summed E-state index contributed by atoms with van der Waals surface area (Å²) in [5.41, 5.74) is 0.990. The Labute approximate surface area is 176 Å². The van der Waals surface area contributed by atoms with Crippen molar-refractivity contribution in [3.05, 3.63) is 54.1 Å². The lowest BCUT2D eigenvalue weighted by Gasteiger charge is -2.34. The first-order valence-electron chi connectivity index (χ1n) is 9.19. The first-order chi connectivity index (χ1) is 13.6. The highest BCUT2D eigenvalue weighted by atomic mass is 35.5. The van der Waals surface area contributed by atoms with Crippen molar-refractivity contribution in [3.63, 3.8) is 0 Å². The second-order valence-electron chi connectivity index (χ2n) is 6.66. The summed E-state index contributed by atoms with van der Waals surface area (Å²) < 4.78 is 10.6. The van der Waals surface area contributed by atoms with E-state index in [0.717, 1.165) is 18.8 Å². The second kappa shape index (κ2) is 10.2. The SMILES string of the molecule is COc1ccc(NC(=O)c2ccc(NC(=O)C3(OC)CCNCC3)cc2)cc1.Cl. The third-order valence-electron chi connectivity index (χ3n) is 4.97. The number of carbonyl (C=O) groups is 2. The molecule has 29 heavy (non-hydrogen) atoms. The van der Waals surface area contributed by atoms with Gasteiger partial charge in [0.25, 0.3) is 11.8 Å². The molecular formula is C21H26ClN3O4. The van der Waals surface area contributed by atoms with Gasteiger partial charge in [0.05, 0.1) is 7.11 Å². The summed E-state index contributed by atoms with van der Waals surface area (Å²) >= 11 is 0. The van der Waals surface area contributed by atoms with Gasteiger partial charge in [0.15, 0.2) is 0 Å². The van der Waals surface area contributed by atoms with Crippen molar-refractivity contribution < 1.29 is 19.1 Å². The van der Waals surface area contributed by atoms with Gasteiger partial charge in [-0.3, -0.25) is 9.59 Å². The zero-order chi connectivity index (χ0) is 20.0. The third kappa shape index (κ3) is 5.47. The molecule has 0 unspecified atom stereocenters. The molecule has 8 heteroatoms. The molecule has 2 amide bonds. The quantitative estimate of drug-likeness (QED) is 0.669. The van der Waals surface area contributed by atoms with Gasteiger partial charge in [-0.15, -0.1) is 12.4 Å². The maximum Gasteiger partial charge on any atom is 0.256 e. The Balaban J connectivity index is 0.00000300. The summed E-state index contributed by atoms with van der Waals surface area (Å²) in [4.78, 5) is 25.1. The Morgan fingerprint density at radius 1 is 0.897 bits per heavy atom. The number of carbonyl (C=O) groups excluding carboxylic acids is 2. The van der Waals surface area contributed by atoms with Crippen LogP contribution in [0.25, 0.3) is 0 Å². The zero-order valence-corrected chi connectivity index (χ0v) is 17.3. The van der Waals surface area contributed by atoms with Gasteiger partial charge in [0.2, 0.25) is 0 Å². The van der Waals surface area contributed by atoms with E-state index in [4.69, 9.17) is 9.47 Å². The number of anilines is 2. The van der Waals surface area contributed by atoms with Crippen molar-refractivity contribution in [3.8, 4) is 5.75 Å². The van der Waals surface area contributed by atoms with E-state index in [1.165, 1.54) is 0 Å². The molecule has 0 aromatic heterocycles. The number of amides is 2. The van der Waals surface area contributed by atoms with Gasteiger partial charge in [-0.25, -0.2) is 0 Å². The van der Waals surface area contributed by atoms with Crippen LogP contribution in [0.5, 0.6) is 5.75 Å². The number of halogens is 1. The molecule has 0 radical (unpaired) electrons. The molecule has 0 aliphatic carbocycles. The molecule has 1 aliphatic heterocycles. The van der Waals surface area contributed by atoms with E-state index in [-0.39, 0.29) is 24.2 Å². The van der Waals surface area contributed by atoms with Gasteiger partial charge in [0, 0.05) is 24.0 Å². The molecule has 1 fully saturated rings. The molecule has 7 nitrogen and oxygen atoms in total. The average Bonchev–Trinajstić information content (AvgIpc) is 2.75. The first kappa shape index (κ1) is 22.7. The highest BCUT2D eigenvalue weighted by Crippen LogP contribution is 2.25. The fourth-order valence-electron chi connectivity index (χ4n) is 3.18. The average molecular weight is 420 g/mol. The van der Waals surface area contributed by atoms with E-state index >= 15 is 0 Å². The fourth-order valence-corrected chi connectivity index (χ4v) is 3.18. The number of hydrogen-bond acceptors (Lipinski definition) is 5. The number of nitrogens with one attached hydrogen (secondary N) is 3. The minimum atomic E-state index is -0.810. The van der Waals surface area contributed by atoms with E-state index in [1.54, 1.807) is 62.8 Å². The van der Waals surface area contributed by atoms with Gasteiger partial charge in [-0.05, 0) is 74.5 Å². The lowest BCUT2D eigenvalue weighted by atomic mass is 9.91. The van der Waals surface area contributed by atoms with Crippen LogP contribution in [-0.4, -0.2) is 44.7 Å². The minimum Gasteiger partial charge on any atom is -0.497 e. The first-order valence-corrected chi connectivity index (χ1v) is 9.19. The lowest BCUT2D eigenvalue weighted by Crippen LogP contribution is -2.51. The number of benzene rings is 2. The van der Waals surface area contributed by atoms with Crippen molar-refractivity contribution in [1.82, 2.24) is 5.32 Å². The van der Waals surface area contributed by atoms with Crippen molar-refractivity contribution in [2.24, 2.45) is 0 Å². The van der Waals surface area contributed by atoms with Crippen LogP contribution in [0.15, 0.2) is 48.5 Å². The highest BCUT2D eigenvalue weighted by molar-refractivity contribution is 6.05. The number of piperidine rings is 1. The Morgan fingerprint density at radius 3 is 2.00 bits per heavy atom. The Bertz CT molecular complexity index is 819. The number of methoxy groups -OCH3 is 2. The summed E-state index contributed by atoms with van der Waals surface area (Å²) in [5, 5.41) is 8.95. The van der Waals surface area contributed by atoms with Crippen LogP contribution in [0.3, 0.4) is 0 Å². The minimum absolute atomic E-state index is 0. The van der Waals surface area contributed by atoms with Gasteiger partial charge < -0.3 is 25.4 Å². The van der Waals surface area contributed by atoms with E-state index in [9.17, 15) is 9.59 Å². The number of hydrogen-bond donors (Lipinski definition) is 3. The van der Waals surface area contributed by atoms with Crippen LogP contribution in [-0.2, 0) is 9.53 Å². The summed E-state index contributed by atoms with van der Waals surface area (Å²) in [6.07, 6.45) is 1.25. The van der Waals surface area contributed by atoms with Gasteiger partial charge >= 0.3 is 0 Å². The molecular weight excluding hydrogens is 394 g/mol. The molecule has 0 saturated carbocycles. The molecule has 1 aliphatic rings. The van der Waals surface area contributed by atoms with Gasteiger partial charge in [-0.2, -0.15) is 0 Å². The summed E-state index contributed by atoms with van der Waals surface area (Å²) in [6, 6.07) is 13.9. The lowest BCUT2D eigenvalue weighted by molar-refractivity contribution is -0.140. The maximum atomic E-state index is 12.7. The molecule has 0 bridgehead atoms. The smallest absolute Gasteiger partial charge is 0.256 e. The topological polar surface area (TPSA) is 88.7 Å². The molecule has 0 atom stereocenters. The molecule has 1 heterocycles. The molecule has 3 rings (SSSR count). The van der Waals surface area contributed by atoms with Crippen LogP contribution >= 0.6 is 12.4 Å². The predicted octanol–water partition coefficient (Wildman–Crippen LogP) is 3.08. The Kier molecular flexibility index (Phi) is 8.01. The van der Waals surface area contributed by atoms with Crippen LogP contribution in [0, 0.1) is 0 Å². The molecule has 3 N–H and O–H groups in total. The second-order valence-corrected chi connectivity index (χ2v) is 6.66. The Morgan fingerprint density at radius 2 is 1.45 bits per heavy atom. The fraction of sp³-hybridized carbons (Fsp3) is 0.333. The number of ether oxygens (including phenoxy) is 2. The molecule has 0 spiro atoms. The summed E-state index contributed by atoms with van der Waals surface area (Å²) in [6.45, 7) is 1.48. The van der Waals surface area contributed by atoms with E-state index < -0.39 is 5.60 Å². The van der Waals surface area contributed by atoms with E-state index in [1.807, 2.05) is 0 Å². The third-order valence-corrected chi connectivity index (χ3v) is 4.97. The van der Waals surface area contributed by atoms with E-state index in [2.05, 4.69) is 16.0 Å². The molecule has 1 saturated heterocycles. The molecule has 2 aromatic rings. The standard InChI is InChI=1S/C21H25N3O4.ClH/c1-27-18-9-7-16(8-10-18)23-19(25)15-3-5-17(6-4-15)24-20(26)21(28-2)11-13-22-14-12-21;/h3-10,22H,11-14H2,1-2H3,(H,23,25)(H,24,26);1H. The zero-order valence-electron chi connectivity index (χ0n) is 16.5. The van der Waals surface area contributed by atoms with Crippen molar-refractivity contribution >= 4 is 35.6 Å². The van der Waals surface area contributed by atoms with Gasteiger partial charge in [0.1, 0.15) is 11.4 Å². The van der Waals surface area contributed by atoms with Crippen LogP contribution < -0.4 is 20.7 Å². The molecule has 2 aromatic carbocycles. The maximum absolute atomic E-state index is 12.7.